The van der Waals surface area contributed by atoms with Crippen LogP contribution >= 0.6 is 0 Å². The van der Waals surface area contributed by atoms with E-state index < -0.39 is 12.0 Å². The van der Waals surface area contributed by atoms with E-state index in [-0.39, 0.29) is 24.2 Å². The standard InChI is InChI=1S/C12H18N2O4/c1-2-13-7-8(6-10(13)15)11(16)14-5-3-4-9(14)12(17)18/h8-9H,2-7H2,1H3,(H,17,18)/t8?,9-/m0/s1. The summed E-state index contributed by atoms with van der Waals surface area (Å²) in [7, 11) is 0. The van der Waals surface area contributed by atoms with Gasteiger partial charge in [0.05, 0.1) is 5.92 Å². The first kappa shape index (κ1) is 12.9. The van der Waals surface area contributed by atoms with Gasteiger partial charge in [0.25, 0.3) is 0 Å². The number of carboxylic acids is 1. The quantitative estimate of drug-likeness (QED) is 0.764. The van der Waals surface area contributed by atoms with Gasteiger partial charge in [-0.05, 0) is 19.8 Å². The lowest BCUT2D eigenvalue weighted by Gasteiger charge is -2.24. The molecule has 2 aliphatic rings. The molecule has 0 aromatic heterocycles. The Bertz CT molecular complexity index is 382. The highest BCUT2D eigenvalue weighted by molar-refractivity contribution is 5.91. The predicted octanol–water partition coefficient (Wildman–Crippen LogP) is -0.0696. The van der Waals surface area contributed by atoms with Gasteiger partial charge in [0.2, 0.25) is 11.8 Å². The van der Waals surface area contributed by atoms with Crippen molar-refractivity contribution in [3.8, 4) is 0 Å². The van der Waals surface area contributed by atoms with E-state index in [2.05, 4.69) is 0 Å². The van der Waals surface area contributed by atoms with Crippen molar-refractivity contribution >= 4 is 17.8 Å². The van der Waals surface area contributed by atoms with Crippen LogP contribution < -0.4 is 0 Å². The summed E-state index contributed by atoms with van der Waals surface area (Å²) in [4.78, 5) is 38.0. The van der Waals surface area contributed by atoms with Gasteiger partial charge >= 0.3 is 5.97 Å². The lowest BCUT2D eigenvalue weighted by Crippen LogP contribution is -2.44. The molecule has 100 valence electrons. The fraction of sp³-hybridized carbons (Fsp3) is 0.750. The Kier molecular flexibility index (Phi) is 3.54. The first-order chi connectivity index (χ1) is 8.54. The molecule has 0 radical (unpaired) electrons. The summed E-state index contributed by atoms with van der Waals surface area (Å²) in [6.07, 6.45) is 1.45. The monoisotopic (exact) mass is 254 g/mol. The number of hydrogen-bond acceptors (Lipinski definition) is 3. The summed E-state index contributed by atoms with van der Waals surface area (Å²) >= 11 is 0. The van der Waals surface area contributed by atoms with E-state index >= 15 is 0 Å². The van der Waals surface area contributed by atoms with Crippen LogP contribution in [0.5, 0.6) is 0 Å². The molecular formula is C12H18N2O4. The summed E-state index contributed by atoms with van der Waals surface area (Å²) in [5.41, 5.74) is 0. The fourth-order valence-corrected chi connectivity index (χ4v) is 2.76. The number of likely N-dealkylation sites (tertiary alicyclic amines) is 2. The van der Waals surface area contributed by atoms with E-state index in [0.717, 1.165) is 6.42 Å². The van der Waals surface area contributed by atoms with Gasteiger partial charge in [-0.1, -0.05) is 0 Å². The van der Waals surface area contributed by atoms with Crippen LogP contribution in [-0.4, -0.2) is 58.4 Å². The zero-order valence-corrected chi connectivity index (χ0v) is 10.5. The van der Waals surface area contributed by atoms with E-state index in [9.17, 15) is 14.4 Å². The Morgan fingerprint density at radius 3 is 2.72 bits per heavy atom. The van der Waals surface area contributed by atoms with Crippen LogP contribution in [0.25, 0.3) is 0 Å². The number of hydrogen-bond donors (Lipinski definition) is 1. The normalized spacial score (nSPS) is 27.9. The molecule has 0 saturated carbocycles. The van der Waals surface area contributed by atoms with Crippen molar-refractivity contribution < 1.29 is 19.5 Å². The Morgan fingerprint density at radius 2 is 2.17 bits per heavy atom. The van der Waals surface area contributed by atoms with Crippen LogP contribution in [-0.2, 0) is 14.4 Å². The number of nitrogens with zero attached hydrogens (tertiary/aromatic N) is 2. The lowest BCUT2D eigenvalue weighted by molar-refractivity contribution is -0.149. The largest absolute Gasteiger partial charge is 0.480 e. The molecule has 0 aromatic carbocycles. The Hall–Kier alpha value is -1.59. The zero-order chi connectivity index (χ0) is 13.3. The number of carbonyl (C=O) groups is 3. The van der Waals surface area contributed by atoms with Gasteiger partial charge in [0.1, 0.15) is 6.04 Å². The minimum atomic E-state index is -0.947. The van der Waals surface area contributed by atoms with Crippen LogP contribution in [0, 0.1) is 5.92 Å². The second kappa shape index (κ2) is 4.96. The van der Waals surface area contributed by atoms with Crippen molar-refractivity contribution in [1.29, 1.82) is 0 Å². The van der Waals surface area contributed by atoms with Gasteiger partial charge in [-0.2, -0.15) is 0 Å². The molecule has 6 nitrogen and oxygen atoms in total. The number of aliphatic carboxylic acids is 1. The molecule has 2 rings (SSSR count). The first-order valence-electron chi connectivity index (χ1n) is 6.35. The number of rotatable bonds is 3. The fourth-order valence-electron chi connectivity index (χ4n) is 2.76. The van der Waals surface area contributed by atoms with Gasteiger partial charge < -0.3 is 14.9 Å². The van der Waals surface area contributed by atoms with Crippen LogP contribution in [0.15, 0.2) is 0 Å². The minimum Gasteiger partial charge on any atom is -0.480 e. The van der Waals surface area contributed by atoms with Crippen molar-refractivity contribution in [1.82, 2.24) is 9.80 Å². The molecule has 2 saturated heterocycles. The maximum Gasteiger partial charge on any atom is 0.326 e. The second-order valence-electron chi connectivity index (χ2n) is 4.86. The maximum atomic E-state index is 12.3. The van der Waals surface area contributed by atoms with Gasteiger partial charge in [0, 0.05) is 26.1 Å². The van der Waals surface area contributed by atoms with Crippen molar-refractivity contribution in [2.75, 3.05) is 19.6 Å². The summed E-state index contributed by atoms with van der Waals surface area (Å²) in [5, 5.41) is 9.05. The van der Waals surface area contributed by atoms with E-state index in [0.29, 0.717) is 26.1 Å². The smallest absolute Gasteiger partial charge is 0.326 e. The number of carbonyl (C=O) groups excluding carboxylic acids is 2. The molecule has 2 heterocycles. The highest BCUT2D eigenvalue weighted by Crippen LogP contribution is 2.25. The highest BCUT2D eigenvalue weighted by atomic mass is 16.4. The predicted molar refractivity (Wildman–Crippen MR) is 62.7 cm³/mol. The van der Waals surface area contributed by atoms with Gasteiger partial charge in [-0.3, -0.25) is 9.59 Å². The van der Waals surface area contributed by atoms with Gasteiger partial charge in [0.15, 0.2) is 0 Å². The highest BCUT2D eigenvalue weighted by Gasteiger charge is 2.41. The first-order valence-corrected chi connectivity index (χ1v) is 6.35. The number of carboxylic acid groups (broad SMARTS) is 1. The molecule has 2 amide bonds. The zero-order valence-electron chi connectivity index (χ0n) is 10.5. The Morgan fingerprint density at radius 1 is 1.44 bits per heavy atom. The summed E-state index contributed by atoms with van der Waals surface area (Å²) in [5.74, 6) is -1.50. The molecule has 18 heavy (non-hydrogen) atoms. The molecule has 0 aromatic rings. The Balaban J connectivity index is 2.04. The lowest BCUT2D eigenvalue weighted by atomic mass is 10.1. The molecular weight excluding hydrogens is 236 g/mol. The van der Waals surface area contributed by atoms with Crippen molar-refractivity contribution in [3.63, 3.8) is 0 Å². The summed E-state index contributed by atoms with van der Waals surface area (Å²) in [6.45, 7) is 3.40. The van der Waals surface area contributed by atoms with E-state index in [1.54, 1.807) is 4.90 Å². The van der Waals surface area contributed by atoms with Crippen molar-refractivity contribution in [2.45, 2.75) is 32.2 Å². The summed E-state index contributed by atoms with van der Waals surface area (Å²) < 4.78 is 0. The van der Waals surface area contributed by atoms with Crippen LogP contribution in [0.4, 0.5) is 0 Å². The van der Waals surface area contributed by atoms with Crippen molar-refractivity contribution in [3.05, 3.63) is 0 Å². The van der Waals surface area contributed by atoms with Crippen LogP contribution in [0.2, 0.25) is 0 Å². The van der Waals surface area contributed by atoms with Gasteiger partial charge in [-0.15, -0.1) is 0 Å². The average Bonchev–Trinajstić information content (AvgIpc) is 2.93. The molecule has 2 atom stereocenters. The molecule has 6 heteroatoms. The Labute approximate surface area is 106 Å². The molecule has 2 aliphatic heterocycles. The van der Waals surface area contributed by atoms with E-state index in [1.165, 1.54) is 4.90 Å². The minimum absolute atomic E-state index is 0.0121. The average molecular weight is 254 g/mol. The van der Waals surface area contributed by atoms with E-state index in [1.807, 2.05) is 6.92 Å². The van der Waals surface area contributed by atoms with Gasteiger partial charge in [-0.25, -0.2) is 4.79 Å². The third-order valence-electron chi connectivity index (χ3n) is 3.77. The number of amides is 2. The summed E-state index contributed by atoms with van der Waals surface area (Å²) in [6, 6.07) is -0.705. The molecule has 1 N–H and O–H groups in total. The molecule has 0 bridgehead atoms. The maximum absolute atomic E-state index is 12.3. The topological polar surface area (TPSA) is 77.9 Å². The molecule has 0 spiro atoms. The second-order valence-corrected chi connectivity index (χ2v) is 4.86. The third kappa shape index (κ3) is 2.19. The molecule has 2 fully saturated rings. The molecule has 1 unspecified atom stereocenters. The third-order valence-corrected chi connectivity index (χ3v) is 3.77. The van der Waals surface area contributed by atoms with E-state index in [4.69, 9.17) is 5.11 Å². The van der Waals surface area contributed by atoms with Crippen molar-refractivity contribution in [2.24, 2.45) is 5.92 Å². The molecule has 0 aliphatic carbocycles. The van der Waals surface area contributed by atoms with Crippen LogP contribution in [0.1, 0.15) is 26.2 Å². The SMILES string of the molecule is CCN1CC(C(=O)N2CCC[C@H]2C(=O)O)CC1=O. The van der Waals surface area contributed by atoms with Crippen LogP contribution in [0.3, 0.4) is 0 Å².